The van der Waals surface area contributed by atoms with Crippen LogP contribution in [0.5, 0.6) is 0 Å². The molecule has 0 radical (unpaired) electrons. The van der Waals surface area contributed by atoms with Crippen LogP contribution in [-0.2, 0) is 21.4 Å². The van der Waals surface area contributed by atoms with Gasteiger partial charge in [-0.25, -0.2) is 12.8 Å². The van der Waals surface area contributed by atoms with Crippen LogP contribution < -0.4 is 9.62 Å². The molecule has 1 N–H and O–H groups in total. The predicted octanol–water partition coefficient (Wildman–Crippen LogP) is 4.43. The number of hydrogen-bond donors (Lipinski definition) is 1. The zero-order valence-corrected chi connectivity index (χ0v) is 18.6. The Hall–Kier alpha value is -2.68. The largest absolute Gasteiger partial charge is 0.349 e. The van der Waals surface area contributed by atoms with Crippen LogP contribution in [0.1, 0.15) is 12.6 Å². The van der Waals surface area contributed by atoms with Gasteiger partial charge in [0.1, 0.15) is 11.9 Å². The molecular weight excluding hydrogens is 464 g/mol. The first-order valence-corrected chi connectivity index (χ1v) is 11.3. The van der Waals surface area contributed by atoms with Gasteiger partial charge in [0.25, 0.3) is 10.0 Å². The average Bonchev–Trinajstić information content (AvgIpc) is 2.75. The smallest absolute Gasteiger partial charge is 0.265 e. The minimum atomic E-state index is -4.34. The normalized spacial score (nSPS) is 12.3. The number of rotatable bonds is 7. The fraction of sp³-hybridized carbons (Fsp3) is 0.143. The van der Waals surface area contributed by atoms with E-state index in [1.165, 1.54) is 37.3 Å². The maximum absolute atomic E-state index is 14.7. The number of pyridine rings is 1. The van der Waals surface area contributed by atoms with E-state index in [9.17, 15) is 17.6 Å². The van der Waals surface area contributed by atoms with Crippen LogP contribution in [-0.4, -0.2) is 25.4 Å². The van der Waals surface area contributed by atoms with Crippen LogP contribution in [0.4, 0.5) is 10.1 Å². The molecule has 0 saturated heterocycles. The van der Waals surface area contributed by atoms with Gasteiger partial charge in [-0.15, -0.1) is 0 Å². The van der Waals surface area contributed by atoms with Crippen molar-refractivity contribution in [2.24, 2.45) is 0 Å². The highest BCUT2D eigenvalue weighted by Gasteiger charge is 2.35. The number of benzene rings is 2. The van der Waals surface area contributed by atoms with Crippen molar-refractivity contribution in [1.29, 1.82) is 0 Å². The van der Waals surface area contributed by atoms with E-state index in [1.807, 2.05) is 0 Å². The highest BCUT2D eigenvalue weighted by Crippen LogP contribution is 2.31. The summed E-state index contributed by atoms with van der Waals surface area (Å²) in [5, 5.41) is 3.08. The molecule has 3 aromatic rings. The van der Waals surface area contributed by atoms with Crippen molar-refractivity contribution in [3.8, 4) is 0 Å². The van der Waals surface area contributed by atoms with Gasteiger partial charge in [0.15, 0.2) is 0 Å². The van der Waals surface area contributed by atoms with Gasteiger partial charge in [-0.3, -0.25) is 14.1 Å². The number of amides is 1. The highest BCUT2D eigenvalue weighted by molar-refractivity contribution is 7.93. The van der Waals surface area contributed by atoms with E-state index in [0.29, 0.717) is 15.0 Å². The molecule has 1 amide bonds. The minimum Gasteiger partial charge on any atom is -0.349 e. The lowest BCUT2D eigenvalue weighted by atomic mass is 10.2. The summed E-state index contributed by atoms with van der Waals surface area (Å²) in [6.45, 7) is 1.44. The number of nitrogens with zero attached hydrogens (tertiary/aromatic N) is 2. The fourth-order valence-electron chi connectivity index (χ4n) is 2.86. The number of carbonyl (C=O) groups is 1. The predicted molar refractivity (Wildman–Crippen MR) is 118 cm³/mol. The van der Waals surface area contributed by atoms with Crippen molar-refractivity contribution >= 4 is 44.8 Å². The van der Waals surface area contributed by atoms with E-state index < -0.39 is 27.8 Å². The molecule has 0 bridgehead atoms. The second-order valence-corrected chi connectivity index (χ2v) is 9.25. The lowest BCUT2D eigenvalue weighted by molar-refractivity contribution is -0.122. The number of sulfonamides is 1. The molecule has 3 rings (SSSR count). The standard InChI is InChI=1S/C21H18Cl2FN3O3S/c1-14(21(28)26-13-17-4-2-3-11-25-17)27(20-12-16(23)7-10-19(20)24)31(29,30)18-8-5-15(22)6-9-18/h2-12,14H,13H2,1H3,(H,26,28)/t14-/m1/s1. The van der Waals surface area contributed by atoms with E-state index in [0.717, 1.165) is 12.1 Å². The van der Waals surface area contributed by atoms with Gasteiger partial charge in [0, 0.05) is 16.2 Å². The van der Waals surface area contributed by atoms with Crippen LogP contribution in [0.3, 0.4) is 0 Å². The second-order valence-electron chi connectivity index (χ2n) is 6.57. The zero-order chi connectivity index (χ0) is 22.6. The summed E-state index contributed by atoms with van der Waals surface area (Å²) >= 11 is 11.8. The van der Waals surface area contributed by atoms with Gasteiger partial charge < -0.3 is 5.32 Å². The Balaban J connectivity index is 2.00. The first kappa shape index (κ1) is 23.0. The lowest BCUT2D eigenvalue weighted by Crippen LogP contribution is -2.48. The number of anilines is 1. The van der Waals surface area contributed by atoms with Crippen molar-refractivity contribution in [2.75, 3.05) is 4.31 Å². The third-order valence-corrected chi connectivity index (χ3v) is 6.80. The van der Waals surface area contributed by atoms with Crippen molar-refractivity contribution < 1.29 is 17.6 Å². The topological polar surface area (TPSA) is 79.4 Å². The Kier molecular flexibility index (Phi) is 7.15. The quantitative estimate of drug-likeness (QED) is 0.541. The first-order valence-electron chi connectivity index (χ1n) is 9.13. The van der Waals surface area contributed by atoms with E-state index in [1.54, 1.807) is 24.4 Å². The third-order valence-electron chi connectivity index (χ3n) is 4.42. The molecule has 1 heterocycles. The maximum Gasteiger partial charge on any atom is 0.265 e. The summed E-state index contributed by atoms with van der Waals surface area (Å²) in [6, 6.07) is 12.8. The Morgan fingerprint density at radius 1 is 1.10 bits per heavy atom. The first-order chi connectivity index (χ1) is 14.7. The van der Waals surface area contributed by atoms with Crippen molar-refractivity contribution in [3.63, 3.8) is 0 Å². The minimum absolute atomic E-state index is 0.0802. The fourth-order valence-corrected chi connectivity index (χ4v) is 4.77. The molecule has 0 saturated carbocycles. The summed E-state index contributed by atoms with van der Waals surface area (Å²) in [5.41, 5.74) is 0.243. The number of aromatic nitrogens is 1. The number of halogens is 3. The molecule has 0 fully saturated rings. The number of hydrogen-bond acceptors (Lipinski definition) is 4. The lowest BCUT2D eigenvalue weighted by Gasteiger charge is -2.30. The summed E-state index contributed by atoms with van der Waals surface area (Å²) < 4.78 is 42.2. The SMILES string of the molecule is C[C@H](C(=O)NCc1ccccn1)N(c1cc(Cl)ccc1F)S(=O)(=O)c1ccc(Cl)cc1. The molecule has 2 aromatic carbocycles. The number of carbonyl (C=O) groups excluding carboxylic acids is 1. The van der Waals surface area contributed by atoms with E-state index in [2.05, 4.69) is 10.3 Å². The van der Waals surface area contributed by atoms with Gasteiger partial charge in [0.05, 0.1) is 22.8 Å². The molecule has 10 heteroatoms. The summed E-state index contributed by atoms with van der Waals surface area (Å²) in [7, 11) is -4.34. The third kappa shape index (κ3) is 5.33. The Labute approximate surface area is 189 Å². The van der Waals surface area contributed by atoms with Gasteiger partial charge in [-0.1, -0.05) is 29.3 Å². The maximum atomic E-state index is 14.7. The van der Waals surface area contributed by atoms with Gasteiger partial charge in [-0.2, -0.15) is 0 Å². The molecular formula is C21H18Cl2FN3O3S. The van der Waals surface area contributed by atoms with Gasteiger partial charge in [0.2, 0.25) is 5.91 Å². The summed E-state index contributed by atoms with van der Waals surface area (Å²) in [6.07, 6.45) is 1.57. The Morgan fingerprint density at radius 2 is 1.77 bits per heavy atom. The van der Waals surface area contributed by atoms with Crippen molar-refractivity contribution in [3.05, 3.63) is 88.4 Å². The summed E-state index contributed by atoms with van der Waals surface area (Å²) in [4.78, 5) is 16.8. The van der Waals surface area contributed by atoms with Crippen molar-refractivity contribution in [2.45, 2.75) is 24.4 Å². The molecule has 1 aromatic heterocycles. The van der Waals surface area contributed by atoms with Gasteiger partial charge in [-0.05, 0) is 61.5 Å². The van der Waals surface area contributed by atoms with E-state index in [-0.39, 0.29) is 22.2 Å². The molecule has 31 heavy (non-hydrogen) atoms. The highest BCUT2D eigenvalue weighted by atomic mass is 35.5. The molecule has 162 valence electrons. The molecule has 0 aliphatic carbocycles. The zero-order valence-electron chi connectivity index (χ0n) is 16.3. The van der Waals surface area contributed by atoms with Crippen LogP contribution in [0.2, 0.25) is 10.0 Å². The van der Waals surface area contributed by atoms with Gasteiger partial charge >= 0.3 is 0 Å². The second kappa shape index (κ2) is 9.64. The van der Waals surface area contributed by atoms with E-state index in [4.69, 9.17) is 23.2 Å². The van der Waals surface area contributed by atoms with Crippen molar-refractivity contribution in [1.82, 2.24) is 10.3 Å². The van der Waals surface area contributed by atoms with Crippen LogP contribution in [0, 0.1) is 5.82 Å². The van der Waals surface area contributed by atoms with Crippen LogP contribution >= 0.6 is 23.2 Å². The molecule has 0 aliphatic rings. The van der Waals surface area contributed by atoms with Crippen LogP contribution in [0.25, 0.3) is 0 Å². The molecule has 1 atom stereocenters. The molecule has 0 spiro atoms. The number of nitrogens with one attached hydrogen (secondary N) is 1. The summed E-state index contributed by atoms with van der Waals surface area (Å²) in [5.74, 6) is -1.48. The monoisotopic (exact) mass is 481 g/mol. The Morgan fingerprint density at radius 3 is 2.42 bits per heavy atom. The molecule has 0 aliphatic heterocycles. The van der Waals surface area contributed by atoms with Crippen LogP contribution in [0.15, 0.2) is 71.8 Å². The molecule has 6 nitrogen and oxygen atoms in total. The van der Waals surface area contributed by atoms with E-state index >= 15 is 0 Å². The molecule has 0 unspecified atom stereocenters. The average molecular weight is 482 g/mol. The Bertz CT molecular complexity index is 1180.